The minimum absolute atomic E-state index is 0.0793. The van der Waals surface area contributed by atoms with Gasteiger partial charge >= 0.3 is 0 Å². The molecule has 0 radical (unpaired) electrons. The normalized spacial score (nSPS) is 11.3. The molecular weight excluding hydrogens is 178 g/mol. The van der Waals surface area contributed by atoms with Crippen LogP contribution in [0.3, 0.4) is 0 Å². The number of rotatable bonds is 4. The van der Waals surface area contributed by atoms with E-state index in [1.807, 2.05) is 0 Å². The topological polar surface area (TPSA) is 74.8 Å². The minimum Gasteiger partial charge on any atom is -0.334 e. The summed E-state index contributed by atoms with van der Waals surface area (Å²) in [5, 5.41) is -0.0793. The van der Waals surface area contributed by atoms with Crippen LogP contribution < -0.4 is 4.72 Å². The molecule has 0 saturated heterocycles. The van der Waals surface area contributed by atoms with Crippen molar-refractivity contribution in [2.45, 2.75) is 5.16 Å². The Hall–Kier alpha value is -1.14. The van der Waals surface area contributed by atoms with Gasteiger partial charge in [0.25, 0.3) is 10.0 Å². The summed E-state index contributed by atoms with van der Waals surface area (Å²) in [6.45, 7) is 3.58. The molecule has 1 aromatic heterocycles. The van der Waals surface area contributed by atoms with Gasteiger partial charge in [-0.15, -0.1) is 6.58 Å². The molecule has 0 aliphatic heterocycles. The quantitative estimate of drug-likeness (QED) is 0.645. The number of nitrogens with one attached hydrogen (secondary N) is 2. The fourth-order valence-corrected chi connectivity index (χ4v) is 1.53. The van der Waals surface area contributed by atoms with Crippen LogP contribution in [0.1, 0.15) is 0 Å². The molecule has 66 valence electrons. The van der Waals surface area contributed by atoms with E-state index in [-0.39, 0.29) is 11.7 Å². The van der Waals surface area contributed by atoms with E-state index in [0.29, 0.717) is 0 Å². The summed E-state index contributed by atoms with van der Waals surface area (Å²) in [6, 6.07) is 0. The zero-order chi connectivity index (χ0) is 9.03. The summed E-state index contributed by atoms with van der Waals surface area (Å²) in [5.74, 6) is 0. The van der Waals surface area contributed by atoms with Gasteiger partial charge in [0, 0.05) is 18.9 Å². The number of sulfonamides is 1. The lowest BCUT2D eigenvalue weighted by Crippen LogP contribution is -2.24. The van der Waals surface area contributed by atoms with Crippen LogP contribution in [0.15, 0.2) is 30.2 Å². The van der Waals surface area contributed by atoms with Gasteiger partial charge in [0.1, 0.15) is 0 Å². The van der Waals surface area contributed by atoms with E-state index in [9.17, 15) is 8.42 Å². The van der Waals surface area contributed by atoms with Crippen molar-refractivity contribution in [3.8, 4) is 0 Å². The molecule has 1 aromatic rings. The third-order valence-electron chi connectivity index (χ3n) is 1.15. The number of nitrogens with zero attached hydrogens (tertiary/aromatic N) is 1. The summed E-state index contributed by atoms with van der Waals surface area (Å²) < 4.78 is 24.7. The minimum atomic E-state index is -3.47. The first-order chi connectivity index (χ1) is 5.67. The highest BCUT2D eigenvalue weighted by Crippen LogP contribution is 1.98. The van der Waals surface area contributed by atoms with Crippen molar-refractivity contribution in [1.29, 1.82) is 0 Å². The van der Waals surface area contributed by atoms with Gasteiger partial charge in [0.2, 0.25) is 5.16 Å². The Kier molecular flexibility index (Phi) is 2.61. The molecule has 0 atom stereocenters. The fraction of sp³-hybridized carbons (Fsp3) is 0.167. The Balaban J connectivity index is 2.80. The smallest absolute Gasteiger partial charge is 0.274 e. The van der Waals surface area contributed by atoms with Crippen molar-refractivity contribution in [3.63, 3.8) is 0 Å². The van der Waals surface area contributed by atoms with Crippen LogP contribution in [0.4, 0.5) is 0 Å². The van der Waals surface area contributed by atoms with E-state index in [0.717, 1.165) is 0 Å². The average Bonchev–Trinajstić information content (AvgIpc) is 2.53. The second-order valence-electron chi connectivity index (χ2n) is 2.03. The highest BCUT2D eigenvalue weighted by atomic mass is 32.2. The van der Waals surface area contributed by atoms with E-state index in [1.54, 1.807) is 0 Å². The van der Waals surface area contributed by atoms with Crippen LogP contribution in [-0.2, 0) is 10.0 Å². The monoisotopic (exact) mass is 187 g/mol. The highest BCUT2D eigenvalue weighted by Gasteiger charge is 2.14. The van der Waals surface area contributed by atoms with Gasteiger partial charge in [0.15, 0.2) is 0 Å². The van der Waals surface area contributed by atoms with E-state index < -0.39 is 10.0 Å². The van der Waals surface area contributed by atoms with Gasteiger partial charge in [-0.25, -0.2) is 18.1 Å². The molecule has 0 aliphatic rings. The number of aromatic amines is 1. The van der Waals surface area contributed by atoms with Crippen molar-refractivity contribution in [2.75, 3.05) is 6.54 Å². The molecule has 6 heteroatoms. The van der Waals surface area contributed by atoms with Gasteiger partial charge < -0.3 is 4.98 Å². The standard InChI is InChI=1S/C6H9N3O2S/c1-2-3-9-12(10,11)6-7-4-5-8-6/h2,4-5,9H,1,3H2,(H,7,8). The Morgan fingerprint density at radius 2 is 2.50 bits per heavy atom. The van der Waals surface area contributed by atoms with Crippen LogP contribution in [-0.4, -0.2) is 24.9 Å². The zero-order valence-corrected chi connectivity index (χ0v) is 7.13. The second kappa shape index (κ2) is 3.51. The molecule has 0 bridgehead atoms. The van der Waals surface area contributed by atoms with E-state index in [2.05, 4.69) is 21.3 Å². The first-order valence-corrected chi connectivity index (χ1v) is 4.75. The molecule has 2 N–H and O–H groups in total. The lowest BCUT2D eigenvalue weighted by atomic mass is 10.7. The molecule has 0 saturated carbocycles. The van der Waals surface area contributed by atoms with Crippen LogP contribution in [0.2, 0.25) is 0 Å². The van der Waals surface area contributed by atoms with E-state index >= 15 is 0 Å². The Morgan fingerprint density at radius 1 is 1.75 bits per heavy atom. The summed E-state index contributed by atoms with van der Waals surface area (Å²) >= 11 is 0. The first kappa shape index (κ1) is 8.95. The van der Waals surface area contributed by atoms with Crippen molar-refractivity contribution in [1.82, 2.24) is 14.7 Å². The van der Waals surface area contributed by atoms with Crippen molar-refractivity contribution in [2.24, 2.45) is 0 Å². The summed E-state index contributed by atoms with van der Waals surface area (Å²) in [5.41, 5.74) is 0. The Morgan fingerprint density at radius 3 is 3.00 bits per heavy atom. The lowest BCUT2D eigenvalue weighted by Gasteiger charge is -1.98. The Labute approximate surface area is 70.6 Å². The lowest BCUT2D eigenvalue weighted by molar-refractivity contribution is 0.578. The molecule has 5 nitrogen and oxygen atoms in total. The first-order valence-electron chi connectivity index (χ1n) is 3.27. The van der Waals surface area contributed by atoms with Crippen molar-refractivity contribution < 1.29 is 8.42 Å². The third kappa shape index (κ3) is 1.93. The fourth-order valence-electron chi connectivity index (χ4n) is 0.635. The molecule has 12 heavy (non-hydrogen) atoms. The molecule has 0 amide bonds. The molecular formula is C6H9N3O2S. The molecule has 1 rings (SSSR count). The number of hydrogen-bond acceptors (Lipinski definition) is 3. The third-order valence-corrected chi connectivity index (χ3v) is 2.42. The maximum atomic E-state index is 11.2. The molecule has 0 unspecified atom stereocenters. The van der Waals surface area contributed by atoms with Crippen LogP contribution >= 0.6 is 0 Å². The van der Waals surface area contributed by atoms with Crippen molar-refractivity contribution >= 4 is 10.0 Å². The van der Waals surface area contributed by atoms with Gasteiger partial charge in [-0.1, -0.05) is 6.08 Å². The van der Waals surface area contributed by atoms with Gasteiger partial charge in [-0.05, 0) is 0 Å². The molecule has 0 aromatic carbocycles. The molecule has 1 heterocycles. The maximum absolute atomic E-state index is 11.2. The largest absolute Gasteiger partial charge is 0.334 e. The van der Waals surface area contributed by atoms with Gasteiger partial charge in [-0.3, -0.25) is 0 Å². The van der Waals surface area contributed by atoms with Gasteiger partial charge in [-0.2, -0.15) is 0 Å². The predicted octanol–water partition coefficient (Wildman–Crippen LogP) is -0.126. The van der Waals surface area contributed by atoms with E-state index in [4.69, 9.17) is 0 Å². The summed E-state index contributed by atoms with van der Waals surface area (Å²) in [6.07, 6.45) is 4.28. The van der Waals surface area contributed by atoms with E-state index in [1.165, 1.54) is 18.5 Å². The van der Waals surface area contributed by atoms with Crippen LogP contribution in [0.5, 0.6) is 0 Å². The number of hydrogen-bond donors (Lipinski definition) is 2. The predicted molar refractivity (Wildman–Crippen MR) is 44.0 cm³/mol. The van der Waals surface area contributed by atoms with Crippen molar-refractivity contribution in [3.05, 3.63) is 25.0 Å². The zero-order valence-electron chi connectivity index (χ0n) is 6.32. The summed E-state index contributed by atoms with van der Waals surface area (Å²) in [4.78, 5) is 6.09. The molecule has 0 fully saturated rings. The maximum Gasteiger partial charge on any atom is 0.274 e. The molecule has 0 spiro atoms. The van der Waals surface area contributed by atoms with Crippen LogP contribution in [0, 0.1) is 0 Å². The SMILES string of the molecule is C=CCNS(=O)(=O)c1ncc[nH]1. The average molecular weight is 187 g/mol. The number of H-pyrrole nitrogens is 1. The summed E-state index contributed by atoms with van der Waals surface area (Å²) in [7, 11) is -3.47. The second-order valence-corrected chi connectivity index (χ2v) is 3.72. The highest BCUT2D eigenvalue weighted by molar-refractivity contribution is 7.89. The number of imidazole rings is 1. The number of aromatic nitrogens is 2. The Bertz CT molecular complexity index is 341. The van der Waals surface area contributed by atoms with Crippen LogP contribution in [0.25, 0.3) is 0 Å². The van der Waals surface area contributed by atoms with Gasteiger partial charge in [0.05, 0.1) is 0 Å². The molecule has 0 aliphatic carbocycles.